The van der Waals surface area contributed by atoms with Crippen LogP contribution in [0.15, 0.2) is 14.2 Å². The van der Waals surface area contributed by atoms with Crippen LogP contribution in [-0.4, -0.2) is 32.9 Å². The average molecular weight is 298 g/mol. The zero-order valence-electron chi connectivity index (χ0n) is 11.2. The van der Waals surface area contributed by atoms with Gasteiger partial charge in [0, 0.05) is 6.42 Å². The van der Waals surface area contributed by atoms with E-state index in [9.17, 15) is 4.79 Å². The maximum Gasteiger partial charge on any atom is 0.396 e. The molecule has 2 heterocycles. The molecule has 0 aliphatic rings. The first-order chi connectivity index (χ1) is 9.72. The van der Waals surface area contributed by atoms with Crippen molar-refractivity contribution in [3.63, 3.8) is 0 Å². The monoisotopic (exact) mass is 298 g/mol. The van der Waals surface area contributed by atoms with E-state index in [1.54, 1.807) is 6.92 Å². The summed E-state index contributed by atoms with van der Waals surface area (Å²) in [5, 5.41) is 11.4. The van der Waals surface area contributed by atoms with Gasteiger partial charge in [-0.25, -0.2) is 4.79 Å². The Labute approximate surface area is 119 Å². The minimum Gasteiger partial charge on any atom is -0.459 e. The number of thioether (sulfide) groups is 1. The zero-order chi connectivity index (χ0) is 14.4. The van der Waals surface area contributed by atoms with Crippen molar-refractivity contribution < 1.29 is 18.5 Å². The fourth-order valence-corrected chi connectivity index (χ4v) is 1.94. The molecule has 108 valence electrons. The molecule has 0 saturated carbocycles. The molecule has 0 saturated heterocycles. The summed E-state index contributed by atoms with van der Waals surface area (Å²) in [6, 6.07) is 0. The topological polar surface area (TPSA) is 104 Å². The summed E-state index contributed by atoms with van der Waals surface area (Å²) < 4.78 is 15.0. The molecule has 0 unspecified atom stereocenters. The van der Waals surface area contributed by atoms with Crippen molar-refractivity contribution in [1.82, 2.24) is 20.3 Å². The number of esters is 1. The first-order valence-corrected chi connectivity index (χ1v) is 7.16. The highest BCUT2D eigenvalue weighted by molar-refractivity contribution is 7.98. The maximum absolute atomic E-state index is 11.3. The van der Waals surface area contributed by atoms with Gasteiger partial charge in [0.1, 0.15) is 0 Å². The molecule has 0 aliphatic heterocycles. The van der Waals surface area contributed by atoms with Gasteiger partial charge in [-0.15, -0.1) is 5.10 Å². The van der Waals surface area contributed by atoms with Gasteiger partial charge in [-0.1, -0.05) is 28.9 Å². The third kappa shape index (κ3) is 3.80. The lowest BCUT2D eigenvalue weighted by atomic mass is 10.3. The van der Waals surface area contributed by atoms with Gasteiger partial charge < -0.3 is 13.7 Å². The number of nitrogens with zero attached hydrogens (tertiary/aromatic N) is 4. The second-order valence-electron chi connectivity index (χ2n) is 3.74. The number of hydrogen-bond acceptors (Lipinski definition) is 9. The Morgan fingerprint density at radius 3 is 2.95 bits per heavy atom. The normalized spacial score (nSPS) is 10.7. The summed E-state index contributed by atoms with van der Waals surface area (Å²) in [4.78, 5) is 15.5. The van der Waals surface area contributed by atoms with Gasteiger partial charge in [-0.2, -0.15) is 4.98 Å². The van der Waals surface area contributed by atoms with E-state index >= 15 is 0 Å². The molecule has 0 aliphatic carbocycles. The molecule has 0 fully saturated rings. The van der Waals surface area contributed by atoms with Crippen molar-refractivity contribution in [2.45, 2.75) is 37.7 Å². The lowest BCUT2D eigenvalue weighted by Crippen LogP contribution is -2.04. The predicted octanol–water partition coefficient (Wildman–Crippen LogP) is 1.87. The van der Waals surface area contributed by atoms with E-state index in [4.69, 9.17) is 13.7 Å². The van der Waals surface area contributed by atoms with Gasteiger partial charge in [-0.3, -0.25) is 0 Å². The average Bonchev–Trinajstić information content (AvgIpc) is 3.06. The van der Waals surface area contributed by atoms with Gasteiger partial charge in [0.05, 0.1) is 12.4 Å². The van der Waals surface area contributed by atoms with E-state index in [1.807, 2.05) is 6.92 Å². The number of aryl methyl sites for hydroxylation is 1. The van der Waals surface area contributed by atoms with Gasteiger partial charge in [0.15, 0.2) is 5.82 Å². The van der Waals surface area contributed by atoms with Gasteiger partial charge in [0.25, 0.3) is 5.22 Å². The summed E-state index contributed by atoms with van der Waals surface area (Å²) >= 11 is 1.22. The first kappa shape index (κ1) is 14.5. The Morgan fingerprint density at radius 1 is 1.35 bits per heavy atom. The van der Waals surface area contributed by atoms with Crippen LogP contribution >= 0.6 is 11.8 Å². The summed E-state index contributed by atoms with van der Waals surface area (Å²) in [5.41, 5.74) is 0. The van der Waals surface area contributed by atoms with Gasteiger partial charge in [-0.05, 0) is 13.3 Å². The third-order valence-electron chi connectivity index (χ3n) is 2.16. The van der Waals surface area contributed by atoms with Crippen molar-refractivity contribution >= 4 is 17.7 Å². The fourth-order valence-electron chi connectivity index (χ4n) is 1.34. The molecule has 0 amide bonds. The number of ether oxygens (including phenoxy) is 1. The van der Waals surface area contributed by atoms with Crippen molar-refractivity contribution in [3.05, 3.63) is 17.6 Å². The van der Waals surface area contributed by atoms with E-state index in [0.29, 0.717) is 17.5 Å². The highest BCUT2D eigenvalue weighted by Gasteiger charge is 2.17. The zero-order valence-corrected chi connectivity index (χ0v) is 12.0. The predicted molar refractivity (Wildman–Crippen MR) is 68.1 cm³/mol. The lowest BCUT2D eigenvalue weighted by Gasteiger charge is -1.94. The first-order valence-electron chi connectivity index (χ1n) is 6.17. The van der Waals surface area contributed by atoms with Crippen LogP contribution < -0.4 is 0 Å². The molecule has 8 nitrogen and oxygen atoms in total. The Bertz CT molecular complexity index is 568. The molecule has 2 rings (SSSR count). The molecule has 2 aromatic heterocycles. The number of carbonyl (C=O) groups is 1. The molecule has 9 heteroatoms. The SMILES string of the molecule is CCCc1noc(CSc2nnc(C(=O)OCC)o2)n1. The van der Waals surface area contributed by atoms with Crippen molar-refractivity contribution in [3.8, 4) is 0 Å². The standard InChI is InChI=1S/C11H14N4O4S/c1-3-5-7-12-8(19-15-7)6-20-11-14-13-9(18-11)10(16)17-4-2/h3-6H2,1-2H3. The summed E-state index contributed by atoms with van der Waals surface area (Å²) in [6.07, 6.45) is 1.74. The third-order valence-corrected chi connectivity index (χ3v) is 2.96. The van der Waals surface area contributed by atoms with Crippen molar-refractivity contribution in [1.29, 1.82) is 0 Å². The van der Waals surface area contributed by atoms with Crippen LogP contribution in [0.2, 0.25) is 0 Å². The largest absolute Gasteiger partial charge is 0.459 e. The minimum absolute atomic E-state index is 0.161. The molecule has 0 bridgehead atoms. The van der Waals surface area contributed by atoms with E-state index in [0.717, 1.165) is 12.8 Å². The van der Waals surface area contributed by atoms with Gasteiger partial charge in [0.2, 0.25) is 5.89 Å². The van der Waals surface area contributed by atoms with E-state index < -0.39 is 5.97 Å². The molecule has 2 aromatic rings. The Balaban J connectivity index is 1.88. The Hall–Kier alpha value is -1.90. The van der Waals surface area contributed by atoms with Crippen LogP contribution in [0, 0.1) is 0 Å². The van der Waals surface area contributed by atoms with Crippen molar-refractivity contribution in [2.24, 2.45) is 0 Å². The van der Waals surface area contributed by atoms with Crippen LogP contribution in [0.3, 0.4) is 0 Å². The van der Waals surface area contributed by atoms with E-state index in [2.05, 4.69) is 20.3 Å². The summed E-state index contributed by atoms with van der Waals surface area (Å²) in [7, 11) is 0. The second-order valence-corrected chi connectivity index (χ2v) is 4.66. The van der Waals surface area contributed by atoms with Crippen LogP contribution in [0.5, 0.6) is 0 Å². The number of carbonyl (C=O) groups excluding carboxylic acids is 1. The smallest absolute Gasteiger partial charge is 0.396 e. The number of hydrogen-bond donors (Lipinski definition) is 0. The fraction of sp³-hybridized carbons (Fsp3) is 0.545. The molecule has 20 heavy (non-hydrogen) atoms. The van der Waals surface area contributed by atoms with E-state index in [-0.39, 0.29) is 17.7 Å². The van der Waals surface area contributed by atoms with Crippen LogP contribution in [0.25, 0.3) is 0 Å². The molecule has 0 aromatic carbocycles. The molecular formula is C11H14N4O4S. The molecule has 0 spiro atoms. The molecular weight excluding hydrogens is 284 g/mol. The Kier molecular flexibility index (Phi) is 5.10. The maximum atomic E-state index is 11.3. The number of rotatable bonds is 7. The highest BCUT2D eigenvalue weighted by Crippen LogP contribution is 2.20. The number of aromatic nitrogens is 4. The molecule has 0 atom stereocenters. The minimum atomic E-state index is -0.630. The second kappa shape index (κ2) is 7.04. The van der Waals surface area contributed by atoms with Gasteiger partial charge >= 0.3 is 11.9 Å². The molecule has 0 radical (unpaired) electrons. The summed E-state index contributed by atoms with van der Waals surface area (Å²) in [5.74, 6) is 0.776. The Morgan fingerprint density at radius 2 is 2.20 bits per heavy atom. The van der Waals surface area contributed by atoms with Crippen LogP contribution in [0.1, 0.15) is 42.7 Å². The molecule has 0 N–H and O–H groups in total. The highest BCUT2D eigenvalue weighted by atomic mass is 32.2. The van der Waals surface area contributed by atoms with Crippen LogP contribution in [-0.2, 0) is 16.9 Å². The van der Waals surface area contributed by atoms with Crippen LogP contribution in [0.4, 0.5) is 0 Å². The van der Waals surface area contributed by atoms with Crippen molar-refractivity contribution in [2.75, 3.05) is 6.61 Å². The van der Waals surface area contributed by atoms with E-state index in [1.165, 1.54) is 11.8 Å². The lowest BCUT2D eigenvalue weighted by molar-refractivity contribution is 0.0475. The summed E-state index contributed by atoms with van der Waals surface area (Å²) in [6.45, 7) is 4.00. The quantitative estimate of drug-likeness (QED) is 0.559.